The number of aromatic nitrogens is 2. The van der Waals surface area contributed by atoms with Crippen molar-refractivity contribution in [2.75, 3.05) is 56.6 Å². The highest BCUT2D eigenvalue weighted by Gasteiger charge is 2.19. The Morgan fingerprint density at radius 1 is 1.05 bits per heavy atom. The number of piperazine rings is 1. The molecule has 0 atom stereocenters. The average Bonchev–Trinajstić information content (AvgIpc) is 2.53. The number of nitrogens with zero attached hydrogens (tertiary/aromatic N) is 5. The molecule has 1 aliphatic heterocycles. The van der Waals surface area contributed by atoms with Gasteiger partial charge < -0.3 is 14.7 Å². The number of fused-ring (bicyclic) bond motifs is 1. The van der Waals surface area contributed by atoms with Crippen LogP contribution in [0.5, 0.6) is 0 Å². The summed E-state index contributed by atoms with van der Waals surface area (Å²) in [5, 5.41) is 1.11. The quantitative estimate of drug-likeness (QED) is 0.860. The van der Waals surface area contributed by atoms with E-state index in [2.05, 4.69) is 33.8 Å². The molecule has 0 N–H and O–H groups in total. The predicted molar refractivity (Wildman–Crippen MR) is 88.2 cm³/mol. The first kappa shape index (κ1) is 14.1. The molecule has 0 bridgehead atoms. The third kappa shape index (κ3) is 2.78. The molecule has 2 aromatic rings. The van der Waals surface area contributed by atoms with Gasteiger partial charge in [-0.1, -0.05) is 19.1 Å². The first-order chi connectivity index (χ1) is 10.2. The first-order valence-electron chi connectivity index (χ1n) is 7.60. The van der Waals surface area contributed by atoms with Crippen molar-refractivity contribution in [2.45, 2.75) is 6.92 Å². The molecular formula is C16H23N5. The zero-order valence-electron chi connectivity index (χ0n) is 13.1. The SMILES string of the molecule is CCN1CCN(c2nc(N(C)C)c3ccccc3n2)CC1. The van der Waals surface area contributed by atoms with Crippen LogP contribution in [0.3, 0.4) is 0 Å². The highest BCUT2D eigenvalue weighted by Crippen LogP contribution is 2.25. The van der Waals surface area contributed by atoms with Gasteiger partial charge in [0.25, 0.3) is 0 Å². The van der Waals surface area contributed by atoms with Crippen LogP contribution in [0.1, 0.15) is 6.92 Å². The number of para-hydroxylation sites is 1. The van der Waals surface area contributed by atoms with Gasteiger partial charge in [-0.2, -0.15) is 4.98 Å². The van der Waals surface area contributed by atoms with Crippen molar-refractivity contribution in [3.63, 3.8) is 0 Å². The molecule has 1 fully saturated rings. The standard InChI is InChI=1S/C16H23N5/c1-4-20-9-11-21(12-10-20)16-17-14-8-6-5-7-13(14)15(18-16)19(2)3/h5-8H,4,9-12H2,1-3H3. The Morgan fingerprint density at radius 2 is 1.76 bits per heavy atom. The van der Waals surface area contributed by atoms with E-state index in [-0.39, 0.29) is 0 Å². The number of rotatable bonds is 3. The van der Waals surface area contributed by atoms with E-state index in [1.807, 2.05) is 26.2 Å². The van der Waals surface area contributed by atoms with Gasteiger partial charge in [0.2, 0.25) is 5.95 Å². The molecule has 0 saturated carbocycles. The fourth-order valence-corrected chi connectivity index (χ4v) is 2.79. The van der Waals surface area contributed by atoms with Crippen molar-refractivity contribution in [3.05, 3.63) is 24.3 Å². The van der Waals surface area contributed by atoms with Crippen molar-refractivity contribution in [1.29, 1.82) is 0 Å². The van der Waals surface area contributed by atoms with Crippen molar-refractivity contribution in [2.24, 2.45) is 0 Å². The second-order valence-corrected chi connectivity index (χ2v) is 5.68. The molecular weight excluding hydrogens is 262 g/mol. The van der Waals surface area contributed by atoms with Crippen LogP contribution in [-0.4, -0.2) is 61.7 Å². The van der Waals surface area contributed by atoms with Crippen molar-refractivity contribution >= 4 is 22.7 Å². The molecule has 0 unspecified atom stereocenters. The third-order valence-corrected chi connectivity index (χ3v) is 4.10. The van der Waals surface area contributed by atoms with Crippen LogP contribution < -0.4 is 9.80 Å². The average molecular weight is 285 g/mol. The highest BCUT2D eigenvalue weighted by atomic mass is 15.3. The van der Waals surface area contributed by atoms with Gasteiger partial charge >= 0.3 is 0 Å². The van der Waals surface area contributed by atoms with Crippen LogP contribution in [0.2, 0.25) is 0 Å². The van der Waals surface area contributed by atoms with Crippen molar-refractivity contribution < 1.29 is 0 Å². The van der Waals surface area contributed by atoms with Gasteiger partial charge in [-0.3, -0.25) is 0 Å². The summed E-state index contributed by atoms with van der Waals surface area (Å²) in [4.78, 5) is 16.4. The predicted octanol–water partition coefficient (Wildman–Crippen LogP) is 1.84. The zero-order chi connectivity index (χ0) is 14.8. The van der Waals surface area contributed by atoms with E-state index < -0.39 is 0 Å². The summed E-state index contributed by atoms with van der Waals surface area (Å²) in [6, 6.07) is 8.23. The van der Waals surface area contributed by atoms with Gasteiger partial charge in [0, 0.05) is 45.7 Å². The molecule has 0 aliphatic carbocycles. The Kier molecular flexibility index (Phi) is 3.92. The van der Waals surface area contributed by atoms with Gasteiger partial charge in [0.15, 0.2) is 0 Å². The Bertz CT molecular complexity index is 617. The fraction of sp³-hybridized carbons (Fsp3) is 0.500. The van der Waals surface area contributed by atoms with Crippen LogP contribution in [-0.2, 0) is 0 Å². The maximum absolute atomic E-state index is 4.80. The topological polar surface area (TPSA) is 35.5 Å². The fourth-order valence-electron chi connectivity index (χ4n) is 2.79. The molecule has 21 heavy (non-hydrogen) atoms. The Hall–Kier alpha value is -1.88. The minimum absolute atomic E-state index is 0.855. The minimum atomic E-state index is 0.855. The van der Waals surface area contributed by atoms with Crippen LogP contribution in [0.25, 0.3) is 10.9 Å². The summed E-state index contributed by atoms with van der Waals surface area (Å²) in [6.45, 7) is 7.51. The lowest BCUT2D eigenvalue weighted by Gasteiger charge is -2.34. The molecule has 2 heterocycles. The molecule has 0 spiro atoms. The van der Waals surface area contributed by atoms with E-state index in [1.165, 1.54) is 0 Å². The summed E-state index contributed by atoms with van der Waals surface area (Å²) >= 11 is 0. The number of benzene rings is 1. The van der Waals surface area contributed by atoms with Crippen molar-refractivity contribution in [1.82, 2.24) is 14.9 Å². The highest BCUT2D eigenvalue weighted by molar-refractivity contribution is 5.90. The summed E-state index contributed by atoms with van der Waals surface area (Å²) in [5.41, 5.74) is 1.02. The molecule has 112 valence electrons. The largest absolute Gasteiger partial charge is 0.362 e. The van der Waals surface area contributed by atoms with Crippen molar-refractivity contribution in [3.8, 4) is 0 Å². The lowest BCUT2D eigenvalue weighted by atomic mass is 10.2. The van der Waals surface area contributed by atoms with Gasteiger partial charge in [0.1, 0.15) is 5.82 Å². The Morgan fingerprint density at radius 3 is 2.43 bits per heavy atom. The van der Waals surface area contributed by atoms with Gasteiger partial charge in [-0.25, -0.2) is 4.98 Å². The summed E-state index contributed by atoms with van der Waals surface area (Å²) in [5.74, 6) is 1.85. The number of likely N-dealkylation sites (N-methyl/N-ethyl adjacent to an activating group) is 1. The number of hydrogen-bond acceptors (Lipinski definition) is 5. The molecule has 0 radical (unpaired) electrons. The van der Waals surface area contributed by atoms with Gasteiger partial charge in [-0.05, 0) is 18.7 Å². The van der Waals surface area contributed by atoms with E-state index in [0.717, 1.165) is 55.4 Å². The lowest BCUT2D eigenvalue weighted by Crippen LogP contribution is -2.46. The van der Waals surface area contributed by atoms with Gasteiger partial charge in [0.05, 0.1) is 5.52 Å². The maximum Gasteiger partial charge on any atom is 0.227 e. The molecule has 5 nitrogen and oxygen atoms in total. The second-order valence-electron chi connectivity index (χ2n) is 5.68. The first-order valence-corrected chi connectivity index (χ1v) is 7.60. The van der Waals surface area contributed by atoms with Crippen LogP contribution in [0.15, 0.2) is 24.3 Å². The molecule has 0 amide bonds. The second kappa shape index (κ2) is 5.85. The minimum Gasteiger partial charge on any atom is -0.362 e. The number of hydrogen-bond donors (Lipinski definition) is 0. The van der Waals surface area contributed by atoms with E-state index in [1.54, 1.807) is 0 Å². The van der Waals surface area contributed by atoms with Crippen LogP contribution >= 0.6 is 0 Å². The summed E-state index contributed by atoms with van der Waals surface area (Å²) < 4.78 is 0. The van der Waals surface area contributed by atoms with Crippen LogP contribution in [0, 0.1) is 0 Å². The summed E-state index contributed by atoms with van der Waals surface area (Å²) in [7, 11) is 4.07. The molecule has 3 rings (SSSR count). The molecule has 1 aliphatic rings. The molecule has 1 aromatic carbocycles. The Labute approximate surface area is 126 Å². The van der Waals surface area contributed by atoms with Crippen LogP contribution in [0.4, 0.5) is 11.8 Å². The summed E-state index contributed by atoms with van der Waals surface area (Å²) in [6.07, 6.45) is 0. The lowest BCUT2D eigenvalue weighted by molar-refractivity contribution is 0.270. The molecule has 1 saturated heterocycles. The number of anilines is 2. The third-order valence-electron chi connectivity index (χ3n) is 4.10. The maximum atomic E-state index is 4.80. The Balaban J connectivity index is 1.96. The van der Waals surface area contributed by atoms with Gasteiger partial charge in [-0.15, -0.1) is 0 Å². The molecule has 5 heteroatoms. The smallest absolute Gasteiger partial charge is 0.227 e. The van der Waals surface area contributed by atoms with E-state index in [9.17, 15) is 0 Å². The van der Waals surface area contributed by atoms with E-state index in [0.29, 0.717) is 0 Å². The normalized spacial score (nSPS) is 16.4. The zero-order valence-corrected chi connectivity index (χ0v) is 13.1. The molecule has 1 aromatic heterocycles. The monoisotopic (exact) mass is 285 g/mol. The van der Waals surface area contributed by atoms with E-state index in [4.69, 9.17) is 9.97 Å². The van der Waals surface area contributed by atoms with E-state index >= 15 is 0 Å².